The van der Waals surface area contributed by atoms with Gasteiger partial charge in [-0.05, 0) is 73.5 Å². The second-order valence-corrected chi connectivity index (χ2v) is 12.4. The molecule has 5 nitrogen and oxygen atoms in total. The number of thioether (sulfide) groups is 1. The van der Waals surface area contributed by atoms with Crippen LogP contribution in [0.5, 0.6) is 0 Å². The van der Waals surface area contributed by atoms with E-state index in [1.807, 2.05) is 56.3 Å². The molecule has 0 heterocycles. The maximum atomic E-state index is 13.7. The summed E-state index contributed by atoms with van der Waals surface area (Å²) in [6.45, 7) is 3.28. The van der Waals surface area contributed by atoms with Crippen LogP contribution in [-0.4, -0.2) is 20.9 Å². The lowest BCUT2D eigenvalue weighted by Gasteiger charge is -2.25. The summed E-state index contributed by atoms with van der Waals surface area (Å²) in [7, 11) is -4.05. The van der Waals surface area contributed by atoms with E-state index < -0.39 is 22.5 Å². The van der Waals surface area contributed by atoms with E-state index in [-0.39, 0.29) is 4.90 Å². The highest BCUT2D eigenvalue weighted by atomic mass is 35.5. The summed E-state index contributed by atoms with van der Waals surface area (Å²) in [6.07, 6.45) is 0. The summed E-state index contributed by atoms with van der Waals surface area (Å²) >= 11 is 13.9. The number of carbonyl (C=O) groups excluding carboxylic acids is 1. The number of hydrogen-bond donors (Lipinski definition) is 1. The number of halogens is 2. The number of aryl methyl sites for hydroxylation is 2. The van der Waals surface area contributed by atoms with Crippen molar-refractivity contribution in [2.45, 2.75) is 29.4 Å². The minimum Gasteiger partial charge on any atom is -0.323 e. The molecular weight excluding hydrogens is 559 g/mol. The Morgan fingerprint density at radius 3 is 2.26 bits per heavy atom. The molecule has 1 N–H and O–H groups in total. The van der Waals surface area contributed by atoms with Crippen molar-refractivity contribution >= 4 is 62.3 Å². The summed E-state index contributed by atoms with van der Waals surface area (Å²) in [4.78, 5) is 14.2. The van der Waals surface area contributed by atoms with Gasteiger partial charge >= 0.3 is 0 Å². The summed E-state index contributed by atoms with van der Waals surface area (Å²) in [6, 6.07) is 26.5. The van der Waals surface area contributed by atoms with Gasteiger partial charge in [0.15, 0.2) is 0 Å². The average Bonchev–Trinajstić information content (AvgIpc) is 2.89. The normalized spacial score (nSPS) is 11.3. The molecule has 0 atom stereocenters. The molecule has 4 rings (SSSR count). The standard InChI is InChI=1S/C29H26Cl2N2O3S2/c1-20-7-15-25(16-8-20)38(35,36)33(24-14-9-21(2)26(31)17-24)18-29(34)32-27-5-3-4-6-28(27)37-19-22-10-12-23(30)13-11-22/h3-17H,18-19H2,1-2H3,(H,32,34). The molecule has 0 bridgehead atoms. The molecule has 38 heavy (non-hydrogen) atoms. The Morgan fingerprint density at radius 2 is 1.58 bits per heavy atom. The minimum atomic E-state index is -4.05. The Hall–Kier alpha value is -2.97. The van der Waals surface area contributed by atoms with Gasteiger partial charge in [0.25, 0.3) is 10.0 Å². The molecule has 0 spiro atoms. The minimum absolute atomic E-state index is 0.0894. The zero-order chi connectivity index (χ0) is 27.3. The number of anilines is 2. The largest absolute Gasteiger partial charge is 0.323 e. The van der Waals surface area contributed by atoms with Gasteiger partial charge in [-0.25, -0.2) is 8.42 Å². The van der Waals surface area contributed by atoms with Gasteiger partial charge in [0, 0.05) is 20.7 Å². The van der Waals surface area contributed by atoms with E-state index >= 15 is 0 Å². The van der Waals surface area contributed by atoms with E-state index in [4.69, 9.17) is 23.2 Å². The number of hydrogen-bond acceptors (Lipinski definition) is 4. The molecule has 0 aliphatic heterocycles. The van der Waals surface area contributed by atoms with Gasteiger partial charge in [-0.3, -0.25) is 9.10 Å². The maximum Gasteiger partial charge on any atom is 0.264 e. The van der Waals surface area contributed by atoms with Crippen LogP contribution in [0.2, 0.25) is 10.0 Å². The van der Waals surface area contributed by atoms with Crippen molar-refractivity contribution in [3.63, 3.8) is 0 Å². The van der Waals surface area contributed by atoms with Crippen LogP contribution in [0.1, 0.15) is 16.7 Å². The molecule has 9 heteroatoms. The first-order chi connectivity index (χ1) is 18.1. The Morgan fingerprint density at radius 1 is 0.895 bits per heavy atom. The SMILES string of the molecule is Cc1ccc(S(=O)(=O)N(CC(=O)Nc2ccccc2SCc2ccc(Cl)cc2)c2ccc(C)c(Cl)c2)cc1. The van der Waals surface area contributed by atoms with Crippen molar-refractivity contribution < 1.29 is 13.2 Å². The molecule has 0 saturated heterocycles. The molecule has 0 radical (unpaired) electrons. The molecular formula is C29H26Cl2N2O3S2. The van der Waals surface area contributed by atoms with Crippen LogP contribution in [0.3, 0.4) is 0 Å². The monoisotopic (exact) mass is 584 g/mol. The van der Waals surface area contributed by atoms with E-state index in [0.717, 1.165) is 25.9 Å². The third-order valence-electron chi connectivity index (χ3n) is 5.81. The predicted molar refractivity (Wildman–Crippen MR) is 158 cm³/mol. The lowest BCUT2D eigenvalue weighted by atomic mass is 10.2. The molecule has 4 aromatic rings. The number of nitrogens with one attached hydrogen (secondary N) is 1. The summed E-state index contributed by atoms with van der Waals surface area (Å²) in [5.41, 5.74) is 3.73. The number of nitrogens with zero attached hydrogens (tertiary/aromatic N) is 1. The molecule has 0 aliphatic rings. The highest BCUT2D eigenvalue weighted by molar-refractivity contribution is 7.98. The third kappa shape index (κ3) is 6.91. The van der Waals surface area contributed by atoms with Crippen LogP contribution in [0.4, 0.5) is 11.4 Å². The number of benzene rings is 4. The quantitative estimate of drug-likeness (QED) is 0.204. The van der Waals surface area contributed by atoms with Crippen LogP contribution in [-0.2, 0) is 20.6 Å². The van der Waals surface area contributed by atoms with E-state index in [1.165, 1.54) is 12.1 Å². The Kier molecular flexibility index (Phi) is 9.05. The number of para-hydroxylation sites is 1. The fourth-order valence-electron chi connectivity index (χ4n) is 3.65. The van der Waals surface area contributed by atoms with Crippen molar-refractivity contribution in [3.05, 3.63) is 118 Å². The Labute approximate surface area is 237 Å². The number of amides is 1. The Bertz CT molecular complexity index is 1540. The van der Waals surface area contributed by atoms with Crippen molar-refractivity contribution in [1.82, 2.24) is 0 Å². The van der Waals surface area contributed by atoms with Crippen LogP contribution in [0.25, 0.3) is 0 Å². The summed E-state index contributed by atoms with van der Waals surface area (Å²) in [5, 5.41) is 3.98. The first kappa shape index (κ1) is 28.0. The van der Waals surface area contributed by atoms with Gasteiger partial charge in [0.2, 0.25) is 5.91 Å². The van der Waals surface area contributed by atoms with Gasteiger partial charge in [0.05, 0.1) is 16.3 Å². The van der Waals surface area contributed by atoms with E-state index in [1.54, 1.807) is 48.2 Å². The topological polar surface area (TPSA) is 66.5 Å². The van der Waals surface area contributed by atoms with E-state index in [9.17, 15) is 13.2 Å². The van der Waals surface area contributed by atoms with E-state index in [2.05, 4.69) is 5.32 Å². The molecule has 0 saturated carbocycles. The number of sulfonamides is 1. The van der Waals surface area contributed by atoms with Crippen molar-refractivity contribution in [2.24, 2.45) is 0 Å². The Balaban J connectivity index is 1.58. The van der Waals surface area contributed by atoms with Crippen LogP contribution in [0, 0.1) is 13.8 Å². The fourth-order valence-corrected chi connectivity index (χ4v) is 6.32. The summed E-state index contributed by atoms with van der Waals surface area (Å²) < 4.78 is 28.4. The van der Waals surface area contributed by atoms with Crippen molar-refractivity contribution in [1.29, 1.82) is 0 Å². The number of carbonyl (C=O) groups is 1. The van der Waals surface area contributed by atoms with Gasteiger partial charge in [-0.2, -0.15) is 0 Å². The second-order valence-electron chi connectivity index (χ2n) is 8.72. The molecule has 1 amide bonds. The lowest BCUT2D eigenvalue weighted by Crippen LogP contribution is -2.38. The zero-order valence-electron chi connectivity index (χ0n) is 20.8. The second kappa shape index (κ2) is 12.3. The molecule has 0 aliphatic carbocycles. The van der Waals surface area contributed by atoms with Gasteiger partial charge in [0.1, 0.15) is 6.54 Å². The van der Waals surface area contributed by atoms with Crippen molar-refractivity contribution in [3.8, 4) is 0 Å². The van der Waals surface area contributed by atoms with Crippen LogP contribution >= 0.6 is 35.0 Å². The van der Waals surface area contributed by atoms with Gasteiger partial charge in [-0.15, -0.1) is 11.8 Å². The molecule has 4 aromatic carbocycles. The van der Waals surface area contributed by atoms with Gasteiger partial charge < -0.3 is 5.32 Å². The smallest absolute Gasteiger partial charge is 0.264 e. The lowest BCUT2D eigenvalue weighted by molar-refractivity contribution is -0.114. The van der Waals surface area contributed by atoms with E-state index in [0.29, 0.717) is 27.2 Å². The van der Waals surface area contributed by atoms with Crippen molar-refractivity contribution in [2.75, 3.05) is 16.2 Å². The predicted octanol–water partition coefficient (Wildman–Crippen LogP) is 7.74. The average molecular weight is 586 g/mol. The fraction of sp³-hybridized carbons (Fsp3) is 0.138. The highest BCUT2D eigenvalue weighted by Crippen LogP contribution is 2.31. The maximum absolute atomic E-state index is 13.7. The molecule has 0 aromatic heterocycles. The molecule has 0 unspecified atom stereocenters. The summed E-state index contributed by atoms with van der Waals surface area (Å²) in [5.74, 6) is 0.205. The van der Waals surface area contributed by atoms with Gasteiger partial charge in [-0.1, -0.05) is 71.2 Å². The number of rotatable bonds is 9. The molecule has 196 valence electrons. The van der Waals surface area contributed by atoms with Crippen LogP contribution < -0.4 is 9.62 Å². The highest BCUT2D eigenvalue weighted by Gasteiger charge is 2.28. The first-order valence-electron chi connectivity index (χ1n) is 11.7. The first-order valence-corrected chi connectivity index (χ1v) is 14.9. The third-order valence-corrected chi connectivity index (χ3v) is 9.40. The molecule has 0 fully saturated rings. The zero-order valence-corrected chi connectivity index (χ0v) is 24.0. The van der Waals surface area contributed by atoms with Crippen LogP contribution in [0.15, 0.2) is 101 Å².